The van der Waals surface area contributed by atoms with Crippen LogP contribution in [0.5, 0.6) is 0 Å². The minimum absolute atomic E-state index is 0.624. The van der Waals surface area contributed by atoms with Crippen molar-refractivity contribution in [3.05, 3.63) is 18.2 Å². The lowest BCUT2D eigenvalue weighted by molar-refractivity contribution is -0.727. The Balaban J connectivity index is 2.37. The van der Waals surface area contributed by atoms with Gasteiger partial charge in [0, 0.05) is 0 Å². The van der Waals surface area contributed by atoms with E-state index in [0.29, 0.717) is 12.0 Å². The van der Waals surface area contributed by atoms with E-state index in [9.17, 15) is 0 Å². The maximum absolute atomic E-state index is 3.68. The minimum Gasteiger partial charge on any atom is -0.247 e. The molecule has 0 fully saturated rings. The third-order valence-corrected chi connectivity index (χ3v) is 7.89. The molecule has 1 N–H and O–H groups in total. The van der Waals surface area contributed by atoms with Crippen LogP contribution in [0.2, 0.25) is 0 Å². The van der Waals surface area contributed by atoms with Gasteiger partial charge in [-0.1, -0.05) is 143 Å². The smallest absolute Gasteiger partial charge is 0.247 e. The minimum atomic E-state index is 0.624. The van der Waals surface area contributed by atoms with Crippen molar-refractivity contribution in [1.29, 1.82) is 0 Å². The summed E-state index contributed by atoms with van der Waals surface area (Å²) in [4.78, 5) is 3.68. The number of nitrogens with zero attached hydrogens (tertiary/aromatic N) is 1. The molecule has 2 unspecified atom stereocenters. The van der Waals surface area contributed by atoms with Crippen LogP contribution in [0.3, 0.4) is 0 Å². The van der Waals surface area contributed by atoms with Gasteiger partial charge in [-0.15, -0.1) is 0 Å². The summed E-state index contributed by atoms with van der Waals surface area (Å²) in [6, 6.07) is 0.624. The quantitative estimate of drug-likeness (QED) is 0.107. The maximum atomic E-state index is 3.68. The van der Waals surface area contributed by atoms with Crippen LogP contribution in [0.1, 0.15) is 193 Å². The zero-order valence-electron chi connectivity index (χ0n) is 24.0. The van der Waals surface area contributed by atoms with E-state index in [1.807, 2.05) is 0 Å². The monoisotopic (exact) mass is 475 g/mol. The van der Waals surface area contributed by atoms with Gasteiger partial charge in [0.05, 0.1) is 12.0 Å². The lowest BCUT2D eigenvalue weighted by Crippen LogP contribution is -2.41. The lowest BCUT2D eigenvalue weighted by atomic mass is 9.93. The van der Waals surface area contributed by atoms with Crippen LogP contribution in [-0.2, 0) is 0 Å². The molecule has 0 saturated carbocycles. The van der Waals surface area contributed by atoms with Crippen LogP contribution in [0.15, 0.2) is 12.4 Å². The molecule has 1 aromatic heterocycles. The Morgan fingerprint density at radius 2 is 0.941 bits per heavy atom. The van der Waals surface area contributed by atoms with Crippen LogP contribution in [0.25, 0.3) is 0 Å². The number of imidazole rings is 1. The number of aromatic nitrogens is 2. The average molecular weight is 476 g/mol. The Morgan fingerprint density at radius 1 is 0.559 bits per heavy atom. The normalized spacial score (nSPS) is 13.4. The fourth-order valence-corrected chi connectivity index (χ4v) is 5.54. The van der Waals surface area contributed by atoms with Gasteiger partial charge in [-0.25, -0.2) is 9.55 Å². The topological polar surface area (TPSA) is 19.7 Å². The standard InChI is InChI=1S/C32H62N2/c1-5-8-11-13-15-16-17-18-19-21-24-27-31(26-22-10-7-3)32-33-28-29-34(32)30(4)25-23-20-14-12-9-6-2/h28-31H,5-27H2,1-4H3/p+1. The fraction of sp³-hybridized carbons (Fsp3) is 0.906. The summed E-state index contributed by atoms with van der Waals surface area (Å²) in [6.07, 6.45) is 36.8. The van der Waals surface area contributed by atoms with E-state index < -0.39 is 0 Å². The van der Waals surface area contributed by atoms with Crippen molar-refractivity contribution in [1.82, 2.24) is 4.98 Å². The highest BCUT2D eigenvalue weighted by Crippen LogP contribution is 2.27. The number of H-pyrrole nitrogens is 1. The second-order valence-corrected chi connectivity index (χ2v) is 11.2. The van der Waals surface area contributed by atoms with Gasteiger partial charge in [-0.05, 0) is 32.6 Å². The molecule has 0 aromatic carbocycles. The van der Waals surface area contributed by atoms with E-state index in [2.05, 4.69) is 49.6 Å². The molecule has 0 radical (unpaired) electrons. The number of hydrogen-bond donors (Lipinski definition) is 1. The highest BCUT2D eigenvalue weighted by molar-refractivity contribution is 4.90. The molecule has 2 nitrogen and oxygen atoms in total. The third-order valence-electron chi connectivity index (χ3n) is 7.89. The summed E-state index contributed by atoms with van der Waals surface area (Å²) < 4.78 is 2.60. The van der Waals surface area contributed by atoms with E-state index in [1.54, 1.807) is 0 Å². The Bertz CT molecular complexity index is 535. The number of nitrogens with one attached hydrogen (secondary N) is 1. The molecule has 0 aliphatic carbocycles. The highest BCUT2D eigenvalue weighted by Gasteiger charge is 2.25. The molecule has 0 bridgehead atoms. The molecule has 1 aromatic rings. The average Bonchev–Trinajstić information content (AvgIpc) is 3.33. The third kappa shape index (κ3) is 15.3. The molecule has 0 saturated heterocycles. The zero-order valence-corrected chi connectivity index (χ0v) is 24.0. The van der Waals surface area contributed by atoms with Crippen molar-refractivity contribution in [2.75, 3.05) is 0 Å². The molecule has 0 aliphatic heterocycles. The SMILES string of the molecule is CCCCCCCCCCCCCC(CCCCC)c1[nH]cc[n+]1C(C)CCCCCCCC. The Hall–Kier alpha value is -0.790. The number of hydrogen-bond acceptors (Lipinski definition) is 0. The van der Waals surface area contributed by atoms with Crippen LogP contribution in [0.4, 0.5) is 0 Å². The Morgan fingerprint density at radius 3 is 1.44 bits per heavy atom. The van der Waals surface area contributed by atoms with E-state index >= 15 is 0 Å². The predicted molar refractivity (Wildman–Crippen MR) is 152 cm³/mol. The van der Waals surface area contributed by atoms with Crippen LogP contribution in [0, 0.1) is 0 Å². The molecule has 2 heteroatoms. The van der Waals surface area contributed by atoms with Gasteiger partial charge in [0.2, 0.25) is 0 Å². The molecule has 200 valence electrons. The van der Waals surface area contributed by atoms with Crippen LogP contribution < -0.4 is 4.57 Å². The summed E-state index contributed by atoms with van der Waals surface area (Å²) in [5.41, 5.74) is 0. The molecule has 0 amide bonds. The van der Waals surface area contributed by atoms with Crippen molar-refractivity contribution in [3.8, 4) is 0 Å². The predicted octanol–water partition coefficient (Wildman–Crippen LogP) is 11.0. The molecule has 0 spiro atoms. The fourth-order valence-electron chi connectivity index (χ4n) is 5.54. The summed E-state index contributed by atoms with van der Waals surface area (Å²) in [6.45, 7) is 9.38. The van der Waals surface area contributed by atoms with Crippen LogP contribution in [-0.4, -0.2) is 4.98 Å². The van der Waals surface area contributed by atoms with E-state index in [4.69, 9.17) is 0 Å². The first-order valence-corrected chi connectivity index (χ1v) is 15.8. The number of unbranched alkanes of at least 4 members (excludes halogenated alkanes) is 17. The zero-order chi connectivity index (χ0) is 24.7. The second kappa shape index (κ2) is 22.7. The molecular weight excluding hydrogens is 412 g/mol. The first-order valence-electron chi connectivity index (χ1n) is 15.8. The molecule has 34 heavy (non-hydrogen) atoms. The van der Waals surface area contributed by atoms with Crippen molar-refractivity contribution >= 4 is 0 Å². The van der Waals surface area contributed by atoms with Crippen LogP contribution >= 0.6 is 0 Å². The molecule has 1 rings (SSSR count). The van der Waals surface area contributed by atoms with Gasteiger partial charge >= 0.3 is 0 Å². The van der Waals surface area contributed by atoms with E-state index in [1.165, 1.54) is 154 Å². The van der Waals surface area contributed by atoms with E-state index in [-0.39, 0.29) is 0 Å². The Kier molecular flexibility index (Phi) is 20.8. The molecule has 0 aliphatic rings. The first-order chi connectivity index (χ1) is 16.7. The summed E-state index contributed by atoms with van der Waals surface area (Å²) >= 11 is 0. The number of aromatic amines is 1. The van der Waals surface area contributed by atoms with Gasteiger partial charge < -0.3 is 0 Å². The Labute approximate surface area is 215 Å². The molecule has 1 heterocycles. The van der Waals surface area contributed by atoms with Gasteiger partial charge in [0.15, 0.2) is 0 Å². The lowest BCUT2D eigenvalue weighted by Gasteiger charge is -2.17. The number of rotatable bonds is 25. The largest absolute Gasteiger partial charge is 0.257 e. The highest BCUT2D eigenvalue weighted by atomic mass is 15.1. The van der Waals surface area contributed by atoms with Gasteiger partial charge in [-0.2, -0.15) is 0 Å². The van der Waals surface area contributed by atoms with E-state index in [0.717, 1.165) is 0 Å². The van der Waals surface area contributed by atoms with Gasteiger partial charge in [0.1, 0.15) is 12.4 Å². The van der Waals surface area contributed by atoms with Gasteiger partial charge in [-0.3, -0.25) is 0 Å². The van der Waals surface area contributed by atoms with Crippen molar-refractivity contribution in [2.24, 2.45) is 0 Å². The molecular formula is C32H63N2+. The van der Waals surface area contributed by atoms with Gasteiger partial charge in [0.25, 0.3) is 5.82 Å². The summed E-state index contributed by atoms with van der Waals surface area (Å²) in [7, 11) is 0. The van der Waals surface area contributed by atoms with Crippen molar-refractivity contribution in [3.63, 3.8) is 0 Å². The first kappa shape index (κ1) is 31.2. The van der Waals surface area contributed by atoms with Crippen molar-refractivity contribution < 1.29 is 4.57 Å². The molecule has 2 atom stereocenters. The summed E-state index contributed by atoms with van der Waals surface area (Å²) in [5.74, 6) is 2.23. The maximum Gasteiger partial charge on any atom is 0.257 e. The van der Waals surface area contributed by atoms with Crippen molar-refractivity contribution in [2.45, 2.75) is 187 Å². The second-order valence-electron chi connectivity index (χ2n) is 11.2. The summed E-state index contributed by atoms with van der Waals surface area (Å²) in [5, 5.41) is 0.